The van der Waals surface area contributed by atoms with E-state index in [4.69, 9.17) is 14.6 Å². The normalized spacial score (nSPS) is 10.0. The van der Waals surface area contributed by atoms with Crippen molar-refractivity contribution in [3.8, 4) is 5.75 Å². The van der Waals surface area contributed by atoms with Gasteiger partial charge in [-0.05, 0) is 34.1 Å². The number of aromatic carboxylic acids is 1. The third-order valence-corrected chi connectivity index (χ3v) is 2.34. The molecule has 5 heteroatoms. The minimum atomic E-state index is -0.959. The molecule has 0 radical (unpaired) electrons. The Morgan fingerprint density at radius 1 is 1.47 bits per heavy atom. The maximum Gasteiger partial charge on any atom is 0.335 e. The number of ether oxygens (including phenoxy) is 2. The fourth-order valence-corrected chi connectivity index (χ4v) is 1.48. The van der Waals surface area contributed by atoms with E-state index < -0.39 is 5.97 Å². The molecule has 82 valence electrons. The Balaban J connectivity index is 2.70. The Morgan fingerprint density at radius 3 is 2.73 bits per heavy atom. The van der Waals surface area contributed by atoms with E-state index in [0.29, 0.717) is 23.4 Å². The van der Waals surface area contributed by atoms with E-state index in [-0.39, 0.29) is 5.56 Å². The lowest BCUT2D eigenvalue weighted by Crippen LogP contribution is -2.05. The van der Waals surface area contributed by atoms with Crippen molar-refractivity contribution in [2.75, 3.05) is 20.3 Å². The van der Waals surface area contributed by atoms with Crippen LogP contribution in [0.3, 0.4) is 0 Å². The second-order valence-electron chi connectivity index (χ2n) is 2.79. The van der Waals surface area contributed by atoms with Crippen molar-refractivity contribution in [3.05, 3.63) is 28.2 Å². The van der Waals surface area contributed by atoms with Crippen molar-refractivity contribution in [1.29, 1.82) is 0 Å². The second-order valence-corrected chi connectivity index (χ2v) is 3.65. The summed E-state index contributed by atoms with van der Waals surface area (Å²) in [6.45, 7) is 0.925. The first-order valence-corrected chi connectivity index (χ1v) is 5.09. The highest BCUT2D eigenvalue weighted by Crippen LogP contribution is 2.25. The molecule has 0 saturated carbocycles. The molecule has 0 aliphatic carbocycles. The number of carboxylic acids is 1. The van der Waals surface area contributed by atoms with Gasteiger partial charge in [0.15, 0.2) is 0 Å². The monoisotopic (exact) mass is 274 g/mol. The van der Waals surface area contributed by atoms with Gasteiger partial charge in [0.2, 0.25) is 0 Å². The van der Waals surface area contributed by atoms with Crippen molar-refractivity contribution in [3.63, 3.8) is 0 Å². The van der Waals surface area contributed by atoms with Gasteiger partial charge in [0.1, 0.15) is 12.4 Å². The van der Waals surface area contributed by atoms with Gasteiger partial charge >= 0.3 is 5.97 Å². The van der Waals surface area contributed by atoms with E-state index in [0.717, 1.165) is 0 Å². The molecule has 0 aromatic heterocycles. The van der Waals surface area contributed by atoms with Crippen LogP contribution in [0, 0.1) is 0 Å². The van der Waals surface area contributed by atoms with Crippen LogP contribution in [0.1, 0.15) is 10.4 Å². The molecule has 0 heterocycles. The summed E-state index contributed by atoms with van der Waals surface area (Å²) in [5.74, 6) is -0.351. The van der Waals surface area contributed by atoms with Crippen molar-refractivity contribution in [2.45, 2.75) is 0 Å². The lowest BCUT2D eigenvalue weighted by Gasteiger charge is -2.07. The summed E-state index contributed by atoms with van der Waals surface area (Å²) in [5, 5.41) is 8.73. The minimum absolute atomic E-state index is 0.223. The summed E-state index contributed by atoms with van der Waals surface area (Å²) in [4.78, 5) is 10.6. The third kappa shape index (κ3) is 3.53. The Labute approximate surface area is 95.9 Å². The maximum absolute atomic E-state index is 10.6. The summed E-state index contributed by atoms with van der Waals surface area (Å²) in [6.07, 6.45) is 0. The fraction of sp³-hybridized carbons (Fsp3) is 0.300. The van der Waals surface area contributed by atoms with Gasteiger partial charge < -0.3 is 14.6 Å². The number of carbonyl (C=O) groups is 1. The van der Waals surface area contributed by atoms with Gasteiger partial charge in [-0.15, -0.1) is 0 Å². The van der Waals surface area contributed by atoms with Crippen LogP contribution in [0.25, 0.3) is 0 Å². The van der Waals surface area contributed by atoms with Crippen LogP contribution in [-0.2, 0) is 4.74 Å². The highest BCUT2D eigenvalue weighted by atomic mass is 79.9. The molecule has 0 saturated heterocycles. The summed E-state index contributed by atoms with van der Waals surface area (Å²) in [6, 6.07) is 4.61. The molecule has 1 aromatic carbocycles. The largest absolute Gasteiger partial charge is 0.490 e. The topological polar surface area (TPSA) is 55.8 Å². The SMILES string of the molecule is COCCOc1ccc(C(=O)O)cc1Br. The summed E-state index contributed by atoms with van der Waals surface area (Å²) in [7, 11) is 1.59. The molecular formula is C10H11BrO4. The van der Waals surface area contributed by atoms with E-state index in [2.05, 4.69) is 15.9 Å². The Kier molecular flexibility index (Phi) is 4.58. The Morgan fingerprint density at radius 2 is 2.20 bits per heavy atom. The van der Waals surface area contributed by atoms with E-state index in [1.807, 2.05) is 0 Å². The summed E-state index contributed by atoms with van der Waals surface area (Å²) in [5.41, 5.74) is 0.223. The molecular weight excluding hydrogens is 264 g/mol. The first kappa shape index (κ1) is 12.0. The first-order valence-electron chi connectivity index (χ1n) is 4.29. The predicted molar refractivity (Wildman–Crippen MR) is 58.5 cm³/mol. The number of methoxy groups -OCH3 is 1. The highest BCUT2D eigenvalue weighted by molar-refractivity contribution is 9.10. The van der Waals surface area contributed by atoms with Crippen LogP contribution in [0.2, 0.25) is 0 Å². The molecule has 0 fully saturated rings. The van der Waals surface area contributed by atoms with Crippen molar-refractivity contribution in [2.24, 2.45) is 0 Å². The molecule has 0 bridgehead atoms. The number of halogens is 1. The number of rotatable bonds is 5. The van der Waals surface area contributed by atoms with Crippen molar-refractivity contribution >= 4 is 21.9 Å². The molecule has 4 nitrogen and oxygen atoms in total. The Hall–Kier alpha value is -1.07. The first-order chi connectivity index (χ1) is 7.15. The predicted octanol–water partition coefficient (Wildman–Crippen LogP) is 2.17. The van der Waals surface area contributed by atoms with E-state index in [9.17, 15) is 4.79 Å². The highest BCUT2D eigenvalue weighted by Gasteiger charge is 2.07. The van der Waals surface area contributed by atoms with Gasteiger partial charge in [0.25, 0.3) is 0 Å². The number of carboxylic acid groups (broad SMARTS) is 1. The second kappa shape index (κ2) is 5.72. The number of hydrogen-bond donors (Lipinski definition) is 1. The van der Waals surface area contributed by atoms with E-state index in [1.165, 1.54) is 12.1 Å². The van der Waals surface area contributed by atoms with Crippen LogP contribution < -0.4 is 4.74 Å². The molecule has 0 aliphatic rings. The fourth-order valence-electron chi connectivity index (χ4n) is 0.986. The van der Waals surface area contributed by atoms with E-state index >= 15 is 0 Å². The molecule has 1 rings (SSSR count). The molecule has 0 unspecified atom stereocenters. The van der Waals surface area contributed by atoms with E-state index in [1.54, 1.807) is 13.2 Å². The molecule has 1 N–H and O–H groups in total. The lowest BCUT2D eigenvalue weighted by atomic mass is 10.2. The van der Waals surface area contributed by atoms with Crippen LogP contribution in [-0.4, -0.2) is 31.4 Å². The molecule has 0 aliphatic heterocycles. The smallest absolute Gasteiger partial charge is 0.335 e. The summed E-state index contributed by atoms with van der Waals surface area (Å²) < 4.78 is 10.8. The Bertz CT molecular complexity index is 351. The van der Waals surface area contributed by atoms with Crippen LogP contribution in [0.15, 0.2) is 22.7 Å². The van der Waals surface area contributed by atoms with Crippen LogP contribution in [0.4, 0.5) is 0 Å². The van der Waals surface area contributed by atoms with Gasteiger partial charge in [-0.2, -0.15) is 0 Å². The molecule has 15 heavy (non-hydrogen) atoms. The van der Waals surface area contributed by atoms with Gasteiger partial charge in [0.05, 0.1) is 16.6 Å². The molecule has 0 atom stereocenters. The maximum atomic E-state index is 10.6. The summed E-state index contributed by atoms with van der Waals surface area (Å²) >= 11 is 3.24. The molecule has 1 aromatic rings. The van der Waals surface area contributed by atoms with Crippen molar-refractivity contribution in [1.82, 2.24) is 0 Å². The standard InChI is InChI=1S/C10H11BrO4/c1-14-4-5-15-9-3-2-7(10(12)13)6-8(9)11/h2-3,6H,4-5H2,1H3,(H,12,13). The van der Waals surface area contributed by atoms with Gasteiger partial charge in [-0.1, -0.05) is 0 Å². The molecule has 0 amide bonds. The van der Waals surface area contributed by atoms with Gasteiger partial charge in [-0.3, -0.25) is 0 Å². The van der Waals surface area contributed by atoms with Crippen LogP contribution >= 0.6 is 15.9 Å². The zero-order valence-corrected chi connectivity index (χ0v) is 9.78. The molecule has 0 spiro atoms. The average Bonchev–Trinajstić information content (AvgIpc) is 2.20. The van der Waals surface area contributed by atoms with Crippen molar-refractivity contribution < 1.29 is 19.4 Å². The van der Waals surface area contributed by atoms with Gasteiger partial charge in [0, 0.05) is 7.11 Å². The van der Waals surface area contributed by atoms with Crippen LogP contribution in [0.5, 0.6) is 5.75 Å². The van der Waals surface area contributed by atoms with Gasteiger partial charge in [-0.25, -0.2) is 4.79 Å². The minimum Gasteiger partial charge on any atom is -0.490 e. The quantitative estimate of drug-likeness (QED) is 0.837. The average molecular weight is 275 g/mol. The third-order valence-electron chi connectivity index (χ3n) is 1.72. The lowest BCUT2D eigenvalue weighted by molar-refractivity contribution is 0.0696. The number of benzene rings is 1. The zero-order valence-electron chi connectivity index (χ0n) is 8.20. The zero-order chi connectivity index (χ0) is 11.3. The number of hydrogen-bond acceptors (Lipinski definition) is 3.